The molecule has 0 aromatic carbocycles. The highest BCUT2D eigenvalue weighted by Gasteiger charge is 2.15. The van der Waals surface area contributed by atoms with Crippen molar-refractivity contribution in [1.82, 2.24) is 14.9 Å². The summed E-state index contributed by atoms with van der Waals surface area (Å²) in [6, 6.07) is 1.99. The quantitative estimate of drug-likeness (QED) is 0.857. The van der Waals surface area contributed by atoms with Crippen molar-refractivity contribution in [3.05, 3.63) is 17.6 Å². The highest BCUT2D eigenvalue weighted by atomic mass is 16.2. The van der Waals surface area contributed by atoms with Crippen LogP contribution < -0.4 is 5.32 Å². The normalized spacial score (nSPS) is 10.6. The van der Waals surface area contributed by atoms with E-state index < -0.39 is 0 Å². The minimum atomic E-state index is -0.0502. The number of anilines is 1. The van der Waals surface area contributed by atoms with E-state index >= 15 is 0 Å². The molecule has 0 fully saturated rings. The number of carbonyl (C=O) groups excluding carboxylic acids is 1. The number of unbranched alkanes of at least 4 members (excludes halogenated alkanes) is 1. The van der Waals surface area contributed by atoms with Gasteiger partial charge in [0.15, 0.2) is 0 Å². The molecule has 1 aromatic heterocycles. The second-order valence-corrected chi connectivity index (χ2v) is 5.06. The van der Waals surface area contributed by atoms with E-state index in [1.54, 1.807) is 17.9 Å². The molecule has 1 N–H and O–H groups in total. The molecule has 0 atom stereocenters. The monoisotopic (exact) mass is 264 g/mol. The average molecular weight is 264 g/mol. The molecule has 0 unspecified atom stereocenters. The van der Waals surface area contributed by atoms with Crippen LogP contribution in [0.15, 0.2) is 6.07 Å². The molecule has 0 bridgehead atoms. The van der Waals surface area contributed by atoms with E-state index in [9.17, 15) is 4.79 Å². The fourth-order valence-corrected chi connectivity index (χ4v) is 1.74. The number of nitrogens with zero attached hydrogens (tertiary/aromatic N) is 3. The van der Waals surface area contributed by atoms with Crippen molar-refractivity contribution >= 4 is 11.7 Å². The highest BCUT2D eigenvalue weighted by Crippen LogP contribution is 2.10. The molecule has 1 aromatic rings. The van der Waals surface area contributed by atoms with Gasteiger partial charge in [-0.15, -0.1) is 0 Å². The average Bonchev–Trinajstić information content (AvgIpc) is 2.33. The number of hydrogen-bond acceptors (Lipinski definition) is 4. The van der Waals surface area contributed by atoms with Crippen LogP contribution in [0.25, 0.3) is 0 Å². The second-order valence-electron chi connectivity index (χ2n) is 5.06. The van der Waals surface area contributed by atoms with Crippen molar-refractivity contribution < 1.29 is 4.79 Å². The van der Waals surface area contributed by atoms with Gasteiger partial charge in [-0.1, -0.05) is 13.3 Å². The summed E-state index contributed by atoms with van der Waals surface area (Å²) in [6.45, 7) is 8.73. The van der Waals surface area contributed by atoms with E-state index in [4.69, 9.17) is 0 Å². The zero-order valence-electron chi connectivity index (χ0n) is 12.5. The van der Waals surface area contributed by atoms with E-state index in [1.807, 2.05) is 20.9 Å². The van der Waals surface area contributed by atoms with Gasteiger partial charge < -0.3 is 10.2 Å². The predicted molar refractivity (Wildman–Crippen MR) is 77.4 cm³/mol. The molecule has 1 amide bonds. The lowest BCUT2D eigenvalue weighted by molar-refractivity contribution is 0.0787. The van der Waals surface area contributed by atoms with Crippen LogP contribution >= 0.6 is 0 Å². The molecule has 5 nitrogen and oxygen atoms in total. The number of aryl methyl sites for hydroxylation is 1. The molecule has 5 heteroatoms. The van der Waals surface area contributed by atoms with Gasteiger partial charge in [0.05, 0.1) is 0 Å². The third-order valence-electron chi connectivity index (χ3n) is 2.69. The lowest BCUT2D eigenvalue weighted by atomic mass is 10.3. The van der Waals surface area contributed by atoms with Crippen molar-refractivity contribution in [3.8, 4) is 0 Å². The lowest BCUT2D eigenvalue weighted by Crippen LogP contribution is -2.29. The smallest absolute Gasteiger partial charge is 0.272 e. The van der Waals surface area contributed by atoms with Crippen molar-refractivity contribution in [2.24, 2.45) is 0 Å². The first-order valence-corrected chi connectivity index (χ1v) is 6.81. The topological polar surface area (TPSA) is 58.1 Å². The predicted octanol–water partition coefficient (Wildman–Crippen LogP) is 2.48. The molecule has 19 heavy (non-hydrogen) atoms. The van der Waals surface area contributed by atoms with Crippen LogP contribution in [0.4, 0.5) is 5.82 Å². The molecule has 0 aliphatic rings. The lowest BCUT2D eigenvalue weighted by Gasteiger charge is -2.17. The number of amides is 1. The largest absolute Gasteiger partial charge is 0.368 e. The Morgan fingerprint density at radius 3 is 2.68 bits per heavy atom. The van der Waals surface area contributed by atoms with Crippen LogP contribution in [-0.2, 0) is 0 Å². The Labute approximate surface area is 115 Å². The van der Waals surface area contributed by atoms with Crippen LogP contribution in [0.2, 0.25) is 0 Å². The van der Waals surface area contributed by atoms with Gasteiger partial charge in [-0.05, 0) is 27.2 Å². The Morgan fingerprint density at radius 1 is 1.42 bits per heavy atom. The summed E-state index contributed by atoms with van der Waals surface area (Å²) in [5.41, 5.74) is 0.453. The Balaban J connectivity index is 2.87. The third kappa shape index (κ3) is 4.85. The summed E-state index contributed by atoms with van der Waals surface area (Å²) in [6.07, 6.45) is 2.07. The fourth-order valence-electron chi connectivity index (χ4n) is 1.74. The van der Waals surface area contributed by atoms with E-state index in [0.717, 1.165) is 19.4 Å². The maximum Gasteiger partial charge on any atom is 0.272 e. The first-order chi connectivity index (χ1) is 8.93. The standard InChI is InChI=1S/C14H24N4O/c1-6-7-8-18(5)14(19)12-9-13(15-10(2)3)17-11(4)16-12/h9-10H,6-8H2,1-5H3,(H,15,16,17). The van der Waals surface area contributed by atoms with Crippen molar-refractivity contribution in [2.45, 2.75) is 46.6 Å². The van der Waals surface area contributed by atoms with Gasteiger partial charge >= 0.3 is 0 Å². The zero-order chi connectivity index (χ0) is 14.4. The Kier molecular flexibility index (Phi) is 5.73. The van der Waals surface area contributed by atoms with Crippen molar-refractivity contribution in [2.75, 3.05) is 18.9 Å². The third-order valence-corrected chi connectivity index (χ3v) is 2.69. The summed E-state index contributed by atoms with van der Waals surface area (Å²) in [5.74, 6) is 1.26. The Morgan fingerprint density at radius 2 is 2.11 bits per heavy atom. The van der Waals surface area contributed by atoms with Gasteiger partial charge in [0, 0.05) is 25.7 Å². The SMILES string of the molecule is CCCCN(C)C(=O)c1cc(NC(C)C)nc(C)n1. The Bertz CT molecular complexity index is 431. The molecular weight excluding hydrogens is 240 g/mol. The molecule has 0 saturated carbocycles. The fraction of sp³-hybridized carbons (Fsp3) is 0.643. The Hall–Kier alpha value is -1.65. The second kappa shape index (κ2) is 7.07. The van der Waals surface area contributed by atoms with Gasteiger partial charge in [-0.25, -0.2) is 9.97 Å². The van der Waals surface area contributed by atoms with Crippen LogP contribution in [0.1, 0.15) is 49.9 Å². The van der Waals surface area contributed by atoms with E-state index in [2.05, 4.69) is 22.2 Å². The number of hydrogen-bond donors (Lipinski definition) is 1. The summed E-state index contributed by atoms with van der Waals surface area (Å²) in [5, 5.41) is 3.20. The molecule has 1 rings (SSSR count). The number of nitrogens with one attached hydrogen (secondary N) is 1. The highest BCUT2D eigenvalue weighted by molar-refractivity contribution is 5.92. The first kappa shape index (κ1) is 15.4. The molecule has 0 spiro atoms. The molecule has 106 valence electrons. The summed E-state index contributed by atoms with van der Waals surface area (Å²) in [7, 11) is 1.81. The molecule has 0 radical (unpaired) electrons. The number of carbonyl (C=O) groups is 1. The van der Waals surface area contributed by atoms with E-state index in [0.29, 0.717) is 17.3 Å². The minimum absolute atomic E-state index is 0.0502. The molecule has 0 aliphatic carbocycles. The maximum absolute atomic E-state index is 12.2. The van der Waals surface area contributed by atoms with Gasteiger partial charge in [0.25, 0.3) is 5.91 Å². The van der Waals surface area contributed by atoms with Crippen LogP contribution in [-0.4, -0.2) is 40.4 Å². The first-order valence-electron chi connectivity index (χ1n) is 6.81. The van der Waals surface area contributed by atoms with Crippen LogP contribution in [0, 0.1) is 6.92 Å². The van der Waals surface area contributed by atoms with Gasteiger partial charge in [-0.3, -0.25) is 4.79 Å². The molecule has 0 aliphatic heterocycles. The van der Waals surface area contributed by atoms with Crippen molar-refractivity contribution in [1.29, 1.82) is 0 Å². The van der Waals surface area contributed by atoms with Gasteiger partial charge in [-0.2, -0.15) is 0 Å². The molecular formula is C14H24N4O. The van der Waals surface area contributed by atoms with Gasteiger partial charge in [0.2, 0.25) is 0 Å². The molecule has 1 heterocycles. The van der Waals surface area contributed by atoms with Gasteiger partial charge in [0.1, 0.15) is 17.3 Å². The summed E-state index contributed by atoms with van der Waals surface area (Å²) < 4.78 is 0. The number of aromatic nitrogens is 2. The summed E-state index contributed by atoms with van der Waals surface area (Å²) >= 11 is 0. The molecule has 0 saturated heterocycles. The van der Waals surface area contributed by atoms with Crippen LogP contribution in [0.3, 0.4) is 0 Å². The number of rotatable bonds is 6. The maximum atomic E-state index is 12.2. The van der Waals surface area contributed by atoms with Crippen molar-refractivity contribution in [3.63, 3.8) is 0 Å². The minimum Gasteiger partial charge on any atom is -0.368 e. The summed E-state index contributed by atoms with van der Waals surface area (Å²) in [4.78, 5) is 22.5. The zero-order valence-corrected chi connectivity index (χ0v) is 12.5. The van der Waals surface area contributed by atoms with Crippen LogP contribution in [0.5, 0.6) is 0 Å². The van der Waals surface area contributed by atoms with E-state index in [1.165, 1.54) is 0 Å². The van der Waals surface area contributed by atoms with E-state index in [-0.39, 0.29) is 11.9 Å².